The molecule has 1 N–H and O–H groups in total. The average Bonchev–Trinajstić information content (AvgIpc) is 2.85. The molecule has 1 aromatic heterocycles. The molecule has 0 bridgehead atoms. The number of rotatable bonds is 8. The first-order valence-electron chi connectivity index (χ1n) is 11.6. The van der Waals surface area contributed by atoms with Crippen molar-refractivity contribution in [1.82, 2.24) is 20.2 Å². The van der Waals surface area contributed by atoms with Crippen molar-refractivity contribution in [3.05, 3.63) is 48.8 Å². The Morgan fingerprint density at radius 2 is 1.58 bits per heavy atom. The summed E-state index contributed by atoms with van der Waals surface area (Å²) < 4.78 is 0. The molecule has 2 aliphatic rings. The van der Waals surface area contributed by atoms with Gasteiger partial charge in [-0.1, -0.05) is 18.2 Å². The molecule has 3 heterocycles. The van der Waals surface area contributed by atoms with Crippen molar-refractivity contribution >= 4 is 17.5 Å². The normalized spacial score (nSPS) is 18.2. The molecular weight excluding hydrogens is 388 g/mol. The van der Waals surface area contributed by atoms with Crippen LogP contribution in [-0.2, 0) is 4.79 Å². The van der Waals surface area contributed by atoms with Crippen LogP contribution >= 0.6 is 0 Å². The maximum atomic E-state index is 12.5. The van der Waals surface area contributed by atoms with Gasteiger partial charge in [-0.05, 0) is 50.4 Å². The fourth-order valence-electron chi connectivity index (χ4n) is 4.48. The van der Waals surface area contributed by atoms with Crippen LogP contribution in [0, 0.1) is 5.92 Å². The molecule has 0 radical (unpaired) electrons. The number of para-hydroxylation sites is 1. The molecule has 0 spiro atoms. The van der Waals surface area contributed by atoms with E-state index in [-0.39, 0.29) is 11.8 Å². The van der Waals surface area contributed by atoms with E-state index in [1.54, 1.807) is 12.4 Å². The molecule has 1 aromatic carbocycles. The molecule has 7 heteroatoms. The van der Waals surface area contributed by atoms with E-state index in [1.165, 1.54) is 5.69 Å². The molecule has 7 nitrogen and oxygen atoms in total. The highest BCUT2D eigenvalue weighted by atomic mass is 16.1. The Morgan fingerprint density at radius 1 is 0.871 bits per heavy atom. The number of unbranched alkanes of at least 4 members (excludes halogenated alkanes) is 1. The maximum absolute atomic E-state index is 12.5. The summed E-state index contributed by atoms with van der Waals surface area (Å²) in [7, 11) is 0. The average molecular weight is 423 g/mol. The summed E-state index contributed by atoms with van der Waals surface area (Å²) in [6.45, 7) is 8.00. The lowest BCUT2D eigenvalue weighted by Gasteiger charge is -2.36. The molecule has 4 rings (SSSR count). The Hall–Kier alpha value is -2.67. The molecule has 0 saturated carbocycles. The van der Waals surface area contributed by atoms with Gasteiger partial charge >= 0.3 is 0 Å². The first-order valence-corrected chi connectivity index (χ1v) is 11.6. The smallest absolute Gasteiger partial charge is 0.225 e. The van der Waals surface area contributed by atoms with Gasteiger partial charge in [0, 0.05) is 69.8 Å². The molecule has 31 heavy (non-hydrogen) atoms. The second-order valence-electron chi connectivity index (χ2n) is 8.47. The SMILES string of the molecule is O=C(NCCCCN1CCN(c2ccccc2)CC1)C1CCN(c2ncccn2)CC1. The maximum Gasteiger partial charge on any atom is 0.225 e. The highest BCUT2D eigenvalue weighted by molar-refractivity contribution is 5.78. The number of benzene rings is 1. The van der Waals surface area contributed by atoms with Gasteiger partial charge in [0.05, 0.1) is 0 Å². The monoisotopic (exact) mass is 422 g/mol. The second-order valence-corrected chi connectivity index (χ2v) is 8.47. The largest absolute Gasteiger partial charge is 0.369 e. The molecule has 2 saturated heterocycles. The minimum absolute atomic E-state index is 0.117. The summed E-state index contributed by atoms with van der Waals surface area (Å²) in [5, 5.41) is 3.16. The van der Waals surface area contributed by atoms with Crippen molar-refractivity contribution in [3.8, 4) is 0 Å². The predicted molar refractivity (Wildman–Crippen MR) is 124 cm³/mol. The third-order valence-electron chi connectivity index (χ3n) is 6.39. The number of amides is 1. The molecule has 1 amide bonds. The van der Waals surface area contributed by atoms with E-state index in [2.05, 4.69) is 60.3 Å². The lowest BCUT2D eigenvalue weighted by molar-refractivity contribution is -0.125. The van der Waals surface area contributed by atoms with Gasteiger partial charge < -0.3 is 15.1 Å². The number of carbonyl (C=O) groups is 1. The third-order valence-corrected chi connectivity index (χ3v) is 6.39. The van der Waals surface area contributed by atoms with Crippen LogP contribution in [0.3, 0.4) is 0 Å². The predicted octanol–water partition coefficient (Wildman–Crippen LogP) is 2.41. The van der Waals surface area contributed by atoms with Crippen LogP contribution in [0.15, 0.2) is 48.8 Å². The van der Waals surface area contributed by atoms with Crippen LogP contribution in [-0.4, -0.2) is 73.1 Å². The van der Waals surface area contributed by atoms with Crippen molar-refractivity contribution < 1.29 is 4.79 Å². The van der Waals surface area contributed by atoms with Gasteiger partial charge in [0.2, 0.25) is 11.9 Å². The van der Waals surface area contributed by atoms with Gasteiger partial charge in [0.25, 0.3) is 0 Å². The summed E-state index contributed by atoms with van der Waals surface area (Å²) in [5.74, 6) is 1.10. The number of anilines is 2. The van der Waals surface area contributed by atoms with E-state index in [0.717, 1.165) is 84.0 Å². The fraction of sp³-hybridized carbons (Fsp3) is 0.542. The molecule has 0 aliphatic carbocycles. The standard InChI is InChI=1S/C24H34N6O/c31-23(21-9-15-30(16-10-21)24-26-12-6-13-27-24)25-11-4-5-14-28-17-19-29(20-18-28)22-7-2-1-3-8-22/h1-3,6-8,12-13,21H,4-5,9-11,14-20H2,(H,25,31). The van der Waals surface area contributed by atoms with Gasteiger partial charge in [-0.2, -0.15) is 0 Å². The highest BCUT2D eigenvalue weighted by Crippen LogP contribution is 2.20. The van der Waals surface area contributed by atoms with Gasteiger partial charge in [-0.15, -0.1) is 0 Å². The van der Waals surface area contributed by atoms with Gasteiger partial charge in [-0.3, -0.25) is 9.69 Å². The van der Waals surface area contributed by atoms with E-state index < -0.39 is 0 Å². The molecular formula is C24H34N6O. The first-order chi connectivity index (χ1) is 15.3. The van der Waals surface area contributed by atoms with Crippen molar-refractivity contribution in [2.45, 2.75) is 25.7 Å². The van der Waals surface area contributed by atoms with E-state index in [0.29, 0.717) is 0 Å². The Morgan fingerprint density at radius 3 is 2.29 bits per heavy atom. The van der Waals surface area contributed by atoms with Crippen molar-refractivity contribution in [2.24, 2.45) is 5.92 Å². The van der Waals surface area contributed by atoms with E-state index in [4.69, 9.17) is 0 Å². The van der Waals surface area contributed by atoms with Crippen molar-refractivity contribution in [2.75, 3.05) is 62.2 Å². The zero-order valence-corrected chi connectivity index (χ0v) is 18.3. The molecule has 0 unspecified atom stereocenters. The Bertz CT molecular complexity index is 786. The number of aromatic nitrogens is 2. The summed E-state index contributed by atoms with van der Waals surface area (Å²) in [6, 6.07) is 12.5. The van der Waals surface area contributed by atoms with Crippen LogP contribution in [0.4, 0.5) is 11.6 Å². The molecule has 166 valence electrons. The highest BCUT2D eigenvalue weighted by Gasteiger charge is 2.25. The summed E-state index contributed by atoms with van der Waals surface area (Å²) in [6.07, 6.45) is 7.46. The Labute approximate surface area is 185 Å². The molecule has 2 fully saturated rings. The molecule has 2 aromatic rings. The van der Waals surface area contributed by atoms with Crippen molar-refractivity contribution in [3.63, 3.8) is 0 Å². The van der Waals surface area contributed by atoms with E-state index in [9.17, 15) is 4.79 Å². The number of hydrogen-bond acceptors (Lipinski definition) is 6. The third kappa shape index (κ3) is 6.17. The Balaban J connectivity index is 1.06. The van der Waals surface area contributed by atoms with Crippen LogP contribution < -0.4 is 15.1 Å². The van der Waals surface area contributed by atoms with Gasteiger partial charge in [0.1, 0.15) is 0 Å². The van der Waals surface area contributed by atoms with Gasteiger partial charge in [0.15, 0.2) is 0 Å². The molecule has 2 aliphatic heterocycles. The van der Waals surface area contributed by atoms with Gasteiger partial charge in [-0.25, -0.2) is 9.97 Å². The number of carbonyl (C=O) groups excluding carboxylic acids is 1. The van der Waals surface area contributed by atoms with Crippen LogP contribution in [0.25, 0.3) is 0 Å². The number of nitrogens with one attached hydrogen (secondary N) is 1. The van der Waals surface area contributed by atoms with Crippen LogP contribution in [0.1, 0.15) is 25.7 Å². The minimum atomic E-state index is 0.117. The lowest BCUT2D eigenvalue weighted by Crippen LogP contribution is -2.46. The summed E-state index contributed by atoms with van der Waals surface area (Å²) in [4.78, 5) is 28.3. The van der Waals surface area contributed by atoms with Crippen molar-refractivity contribution in [1.29, 1.82) is 0 Å². The number of piperazine rings is 1. The van der Waals surface area contributed by atoms with Crippen LogP contribution in [0.2, 0.25) is 0 Å². The lowest BCUT2D eigenvalue weighted by atomic mass is 9.96. The quantitative estimate of drug-likeness (QED) is 0.659. The minimum Gasteiger partial charge on any atom is -0.369 e. The number of hydrogen-bond donors (Lipinski definition) is 1. The van der Waals surface area contributed by atoms with E-state index >= 15 is 0 Å². The number of nitrogens with zero attached hydrogens (tertiary/aromatic N) is 5. The first kappa shape index (κ1) is 21.6. The van der Waals surface area contributed by atoms with E-state index in [1.807, 2.05) is 6.07 Å². The van der Waals surface area contributed by atoms with Crippen LogP contribution in [0.5, 0.6) is 0 Å². The molecule has 0 atom stereocenters. The summed E-state index contributed by atoms with van der Waals surface area (Å²) >= 11 is 0. The zero-order chi connectivity index (χ0) is 21.3. The topological polar surface area (TPSA) is 64.6 Å². The summed E-state index contributed by atoms with van der Waals surface area (Å²) in [5.41, 5.74) is 1.33. The number of piperidine rings is 1. The Kier molecular flexibility index (Phi) is 7.71. The second kappa shape index (κ2) is 11.1. The zero-order valence-electron chi connectivity index (χ0n) is 18.3. The fourth-order valence-corrected chi connectivity index (χ4v) is 4.48.